The molecule has 13 heavy (non-hydrogen) atoms. The van der Waals surface area contributed by atoms with Crippen LogP contribution in [0.2, 0.25) is 0 Å². The van der Waals surface area contributed by atoms with Crippen LogP contribution in [-0.4, -0.2) is 5.24 Å². The van der Waals surface area contributed by atoms with Gasteiger partial charge in [0.15, 0.2) is 0 Å². The molecule has 1 aromatic rings. The molecule has 0 aliphatic carbocycles. The Morgan fingerprint density at radius 2 is 1.69 bits per heavy atom. The van der Waals surface area contributed by atoms with E-state index < -0.39 is 0 Å². The van der Waals surface area contributed by atoms with Crippen LogP contribution in [-0.2, 0) is 17.8 Å². The first-order chi connectivity index (χ1) is 5.72. The molecule has 2 N–H and O–H groups in total. The highest BCUT2D eigenvalue weighted by molar-refractivity contribution is 6.63. The lowest BCUT2D eigenvalue weighted by Gasteiger charge is -1.98. The van der Waals surface area contributed by atoms with Gasteiger partial charge in [0.1, 0.15) is 0 Å². The summed E-state index contributed by atoms with van der Waals surface area (Å²) >= 11 is 5.22. The molecule has 0 amide bonds. The Balaban J connectivity index is 0.00000144. The highest BCUT2D eigenvalue weighted by atomic mass is 35.5. The predicted octanol–water partition coefficient (Wildman–Crippen LogP) is 1.88. The first-order valence-corrected chi connectivity index (χ1v) is 4.06. The summed E-state index contributed by atoms with van der Waals surface area (Å²) < 4.78 is 0. The zero-order valence-electron chi connectivity index (χ0n) is 7.00. The first-order valence-electron chi connectivity index (χ1n) is 3.68. The zero-order chi connectivity index (χ0) is 8.97. The van der Waals surface area contributed by atoms with E-state index in [1.165, 1.54) is 0 Å². The molecule has 4 heteroatoms. The molecule has 0 aliphatic rings. The molecule has 0 radical (unpaired) electrons. The van der Waals surface area contributed by atoms with E-state index in [2.05, 4.69) is 0 Å². The number of hydrogen-bond donors (Lipinski definition) is 1. The van der Waals surface area contributed by atoms with E-state index in [1.807, 2.05) is 24.3 Å². The third kappa shape index (κ3) is 4.27. The van der Waals surface area contributed by atoms with Crippen molar-refractivity contribution in [2.45, 2.75) is 13.0 Å². The highest BCUT2D eigenvalue weighted by Crippen LogP contribution is 2.05. The smallest absolute Gasteiger partial charge is 0.226 e. The van der Waals surface area contributed by atoms with E-state index >= 15 is 0 Å². The van der Waals surface area contributed by atoms with Crippen molar-refractivity contribution >= 4 is 29.3 Å². The van der Waals surface area contributed by atoms with Crippen molar-refractivity contribution in [1.29, 1.82) is 0 Å². The van der Waals surface area contributed by atoms with Crippen molar-refractivity contribution in [3.8, 4) is 0 Å². The van der Waals surface area contributed by atoms with Crippen LogP contribution in [0.4, 0.5) is 0 Å². The molecular formula is C9H11Cl2NO. The summed E-state index contributed by atoms with van der Waals surface area (Å²) in [4.78, 5) is 10.5. The molecule has 0 fully saturated rings. The lowest BCUT2D eigenvalue weighted by molar-refractivity contribution is -0.111. The summed E-state index contributed by atoms with van der Waals surface area (Å²) in [6.45, 7) is 0.523. The standard InChI is InChI=1S/C9H10ClNO.ClH/c10-9(12)5-7-1-3-8(6-11)4-2-7;/h1-4H,5-6,11H2;1H. The minimum atomic E-state index is -0.338. The molecule has 0 unspecified atom stereocenters. The van der Waals surface area contributed by atoms with Crippen LogP contribution < -0.4 is 5.73 Å². The van der Waals surface area contributed by atoms with Crippen LogP contribution in [0, 0.1) is 0 Å². The quantitative estimate of drug-likeness (QED) is 0.790. The van der Waals surface area contributed by atoms with Gasteiger partial charge < -0.3 is 5.73 Å². The van der Waals surface area contributed by atoms with Gasteiger partial charge in [-0.05, 0) is 22.7 Å². The van der Waals surface area contributed by atoms with Crippen LogP contribution in [0.3, 0.4) is 0 Å². The summed E-state index contributed by atoms with van der Waals surface area (Å²) in [7, 11) is 0. The van der Waals surface area contributed by atoms with Gasteiger partial charge in [0.25, 0.3) is 0 Å². The molecule has 0 bridgehead atoms. The third-order valence-corrected chi connectivity index (χ3v) is 1.74. The van der Waals surface area contributed by atoms with Gasteiger partial charge in [-0.2, -0.15) is 0 Å². The number of nitrogens with two attached hydrogens (primary N) is 1. The van der Waals surface area contributed by atoms with Crippen molar-refractivity contribution in [3.63, 3.8) is 0 Å². The molecule has 2 nitrogen and oxygen atoms in total. The summed E-state index contributed by atoms with van der Waals surface area (Å²) in [5.74, 6) is 0. The summed E-state index contributed by atoms with van der Waals surface area (Å²) in [5.41, 5.74) is 7.39. The molecule has 0 heterocycles. The van der Waals surface area contributed by atoms with E-state index in [-0.39, 0.29) is 24.1 Å². The van der Waals surface area contributed by atoms with Gasteiger partial charge in [-0.15, -0.1) is 12.4 Å². The summed E-state index contributed by atoms with van der Waals surface area (Å²) in [6, 6.07) is 7.52. The van der Waals surface area contributed by atoms with Crippen molar-refractivity contribution in [2.75, 3.05) is 0 Å². The lowest BCUT2D eigenvalue weighted by atomic mass is 10.1. The van der Waals surface area contributed by atoms with Crippen LogP contribution >= 0.6 is 24.0 Å². The number of rotatable bonds is 3. The van der Waals surface area contributed by atoms with Crippen LogP contribution in [0.5, 0.6) is 0 Å². The molecule has 0 aromatic heterocycles. The second kappa shape index (κ2) is 5.97. The molecule has 0 spiro atoms. The fourth-order valence-corrected chi connectivity index (χ4v) is 1.11. The molecule has 0 saturated carbocycles. The number of carbonyl (C=O) groups is 1. The van der Waals surface area contributed by atoms with E-state index in [0.29, 0.717) is 6.54 Å². The highest BCUT2D eigenvalue weighted by Gasteiger charge is 1.98. The maximum Gasteiger partial charge on any atom is 0.226 e. The average Bonchev–Trinajstić information content (AvgIpc) is 2.05. The Kier molecular flexibility index (Phi) is 5.71. The van der Waals surface area contributed by atoms with E-state index in [9.17, 15) is 4.79 Å². The fourth-order valence-electron chi connectivity index (χ4n) is 0.954. The minimum Gasteiger partial charge on any atom is -0.326 e. The van der Waals surface area contributed by atoms with Crippen molar-refractivity contribution < 1.29 is 4.79 Å². The molecule has 0 saturated heterocycles. The molecule has 1 aromatic carbocycles. The van der Waals surface area contributed by atoms with Gasteiger partial charge in [0.05, 0.1) is 0 Å². The van der Waals surface area contributed by atoms with Gasteiger partial charge in [0.2, 0.25) is 5.24 Å². The molecule has 0 aliphatic heterocycles. The second-order valence-corrected chi connectivity index (χ2v) is 2.97. The monoisotopic (exact) mass is 219 g/mol. The molecule has 72 valence electrons. The summed E-state index contributed by atoms with van der Waals surface area (Å²) in [6.07, 6.45) is 0.284. The van der Waals surface area contributed by atoms with Gasteiger partial charge in [-0.1, -0.05) is 24.3 Å². The Morgan fingerprint density at radius 3 is 2.08 bits per heavy atom. The van der Waals surface area contributed by atoms with Crippen LogP contribution in [0.15, 0.2) is 24.3 Å². The number of benzene rings is 1. The van der Waals surface area contributed by atoms with E-state index in [4.69, 9.17) is 17.3 Å². The van der Waals surface area contributed by atoms with Crippen molar-refractivity contribution in [1.82, 2.24) is 0 Å². The Hall–Kier alpha value is -0.570. The van der Waals surface area contributed by atoms with Crippen LogP contribution in [0.1, 0.15) is 11.1 Å². The predicted molar refractivity (Wildman–Crippen MR) is 56.1 cm³/mol. The largest absolute Gasteiger partial charge is 0.326 e. The first kappa shape index (κ1) is 12.4. The van der Waals surface area contributed by atoms with Gasteiger partial charge >= 0.3 is 0 Å². The number of carbonyl (C=O) groups excluding carboxylic acids is 1. The number of halogens is 2. The van der Waals surface area contributed by atoms with Gasteiger partial charge in [-0.3, -0.25) is 4.79 Å². The lowest BCUT2D eigenvalue weighted by Crippen LogP contribution is -1.97. The van der Waals surface area contributed by atoms with E-state index in [1.54, 1.807) is 0 Å². The molecule has 0 atom stereocenters. The third-order valence-electron chi connectivity index (χ3n) is 1.60. The maximum absolute atomic E-state index is 10.5. The topological polar surface area (TPSA) is 43.1 Å². The minimum absolute atomic E-state index is 0. The second-order valence-electron chi connectivity index (χ2n) is 2.55. The summed E-state index contributed by atoms with van der Waals surface area (Å²) in [5, 5.41) is -0.338. The van der Waals surface area contributed by atoms with E-state index in [0.717, 1.165) is 11.1 Å². The van der Waals surface area contributed by atoms with Crippen molar-refractivity contribution in [3.05, 3.63) is 35.4 Å². The zero-order valence-corrected chi connectivity index (χ0v) is 8.57. The normalized spacial score (nSPS) is 9.08. The van der Waals surface area contributed by atoms with Gasteiger partial charge in [-0.25, -0.2) is 0 Å². The van der Waals surface area contributed by atoms with Crippen molar-refractivity contribution in [2.24, 2.45) is 5.73 Å². The molecule has 1 rings (SSSR count). The Bertz CT molecular complexity index is 271. The van der Waals surface area contributed by atoms with Crippen LogP contribution in [0.25, 0.3) is 0 Å². The fraction of sp³-hybridized carbons (Fsp3) is 0.222. The average molecular weight is 220 g/mol. The molecular weight excluding hydrogens is 209 g/mol. The number of hydrogen-bond acceptors (Lipinski definition) is 2. The SMILES string of the molecule is Cl.NCc1ccc(CC(=O)Cl)cc1. The van der Waals surface area contributed by atoms with Gasteiger partial charge in [0, 0.05) is 13.0 Å². The Morgan fingerprint density at radius 1 is 1.23 bits per heavy atom. The maximum atomic E-state index is 10.5. The Labute approximate surface area is 88.5 Å².